The van der Waals surface area contributed by atoms with Gasteiger partial charge >= 0.3 is 0 Å². The van der Waals surface area contributed by atoms with Crippen LogP contribution in [-0.2, 0) is 23.5 Å². The second-order valence-electron chi connectivity index (χ2n) is 7.08. The van der Waals surface area contributed by atoms with Gasteiger partial charge in [-0.1, -0.05) is 43.0 Å². The van der Waals surface area contributed by atoms with Gasteiger partial charge in [-0.2, -0.15) is 0 Å². The molecule has 2 aromatic carbocycles. The van der Waals surface area contributed by atoms with Crippen LogP contribution in [0.2, 0.25) is 0 Å². The van der Waals surface area contributed by atoms with E-state index in [0.717, 1.165) is 45.4 Å². The van der Waals surface area contributed by atoms with E-state index in [1.54, 1.807) is 31.3 Å². The van der Waals surface area contributed by atoms with Crippen molar-refractivity contribution in [1.82, 2.24) is 14.5 Å². The SMILES string of the molecule is CCc1cccc(NC(=O)Cn2c(SCc3ccc(OC)cc3)nc3ccncc32)c1. The highest BCUT2D eigenvalue weighted by atomic mass is 32.2. The van der Waals surface area contributed by atoms with Crippen LogP contribution in [0.3, 0.4) is 0 Å². The number of rotatable bonds is 8. The minimum atomic E-state index is -0.0947. The summed E-state index contributed by atoms with van der Waals surface area (Å²) in [7, 11) is 1.66. The Kier molecular flexibility index (Phi) is 6.52. The average molecular weight is 433 g/mol. The van der Waals surface area contributed by atoms with Gasteiger partial charge in [0.25, 0.3) is 0 Å². The first-order valence-corrected chi connectivity index (χ1v) is 11.1. The fourth-order valence-corrected chi connectivity index (χ4v) is 4.26. The molecule has 0 spiro atoms. The van der Waals surface area contributed by atoms with Crippen LogP contribution in [0.1, 0.15) is 18.1 Å². The molecule has 1 N–H and O–H groups in total. The first kappa shape index (κ1) is 20.9. The van der Waals surface area contributed by atoms with Crippen molar-refractivity contribution < 1.29 is 9.53 Å². The summed E-state index contributed by atoms with van der Waals surface area (Å²) >= 11 is 1.60. The maximum Gasteiger partial charge on any atom is 0.244 e. The number of pyridine rings is 1. The third-order valence-corrected chi connectivity index (χ3v) is 6.01. The molecule has 6 nitrogen and oxygen atoms in total. The zero-order valence-corrected chi connectivity index (χ0v) is 18.4. The molecule has 0 bridgehead atoms. The predicted octanol–water partition coefficient (Wildman–Crippen LogP) is 4.93. The summed E-state index contributed by atoms with van der Waals surface area (Å²) in [5.74, 6) is 1.47. The van der Waals surface area contributed by atoms with Crippen molar-refractivity contribution in [3.05, 3.63) is 78.1 Å². The molecule has 4 aromatic rings. The van der Waals surface area contributed by atoms with Gasteiger partial charge in [-0.3, -0.25) is 9.78 Å². The van der Waals surface area contributed by atoms with Gasteiger partial charge in [0, 0.05) is 17.6 Å². The van der Waals surface area contributed by atoms with Crippen LogP contribution in [0.4, 0.5) is 5.69 Å². The molecule has 158 valence electrons. The first-order chi connectivity index (χ1) is 15.2. The Morgan fingerprint density at radius 1 is 1.13 bits per heavy atom. The summed E-state index contributed by atoms with van der Waals surface area (Å²) in [4.78, 5) is 21.8. The Morgan fingerprint density at radius 2 is 1.97 bits per heavy atom. The van der Waals surface area contributed by atoms with E-state index < -0.39 is 0 Å². The van der Waals surface area contributed by atoms with Crippen molar-refractivity contribution in [3.8, 4) is 5.75 Å². The maximum absolute atomic E-state index is 12.8. The lowest BCUT2D eigenvalue weighted by Gasteiger charge is -2.10. The smallest absolute Gasteiger partial charge is 0.244 e. The molecule has 4 rings (SSSR count). The number of amides is 1. The molecule has 0 radical (unpaired) electrons. The average Bonchev–Trinajstić information content (AvgIpc) is 3.15. The standard InChI is InChI=1S/C24H24N4O2S/c1-3-17-5-4-6-19(13-17)26-23(29)15-28-22-14-25-12-11-21(22)27-24(28)31-16-18-7-9-20(30-2)10-8-18/h4-14H,3,15-16H2,1-2H3,(H,26,29). The fourth-order valence-electron chi connectivity index (χ4n) is 3.29. The molecule has 0 aliphatic rings. The van der Waals surface area contributed by atoms with Gasteiger partial charge in [0.05, 0.1) is 24.3 Å². The highest BCUT2D eigenvalue weighted by molar-refractivity contribution is 7.98. The van der Waals surface area contributed by atoms with Crippen molar-refractivity contribution in [2.45, 2.75) is 30.8 Å². The highest BCUT2D eigenvalue weighted by Gasteiger charge is 2.15. The monoisotopic (exact) mass is 432 g/mol. The van der Waals surface area contributed by atoms with E-state index in [2.05, 4.69) is 23.3 Å². The largest absolute Gasteiger partial charge is 0.497 e. The van der Waals surface area contributed by atoms with Crippen molar-refractivity contribution >= 4 is 34.4 Å². The fraction of sp³-hybridized carbons (Fsp3) is 0.208. The summed E-state index contributed by atoms with van der Waals surface area (Å²) in [5.41, 5.74) is 4.82. The number of anilines is 1. The summed E-state index contributed by atoms with van der Waals surface area (Å²) in [6, 6.07) is 17.8. The number of aryl methyl sites for hydroxylation is 1. The summed E-state index contributed by atoms with van der Waals surface area (Å²) in [6.45, 7) is 2.27. The van der Waals surface area contributed by atoms with E-state index in [0.29, 0.717) is 0 Å². The van der Waals surface area contributed by atoms with E-state index in [1.807, 2.05) is 53.1 Å². The Morgan fingerprint density at radius 3 is 2.74 bits per heavy atom. The topological polar surface area (TPSA) is 69.0 Å². The molecule has 7 heteroatoms. The van der Waals surface area contributed by atoms with Gasteiger partial charge in [0.15, 0.2) is 5.16 Å². The number of thioether (sulfide) groups is 1. The number of nitrogens with one attached hydrogen (secondary N) is 1. The van der Waals surface area contributed by atoms with Gasteiger partial charge in [0.1, 0.15) is 12.3 Å². The first-order valence-electron chi connectivity index (χ1n) is 10.1. The van der Waals surface area contributed by atoms with Gasteiger partial charge in [-0.15, -0.1) is 0 Å². The number of hydrogen-bond donors (Lipinski definition) is 1. The lowest BCUT2D eigenvalue weighted by atomic mass is 10.1. The van der Waals surface area contributed by atoms with E-state index >= 15 is 0 Å². The third-order valence-electron chi connectivity index (χ3n) is 4.96. The molecule has 0 atom stereocenters. The highest BCUT2D eigenvalue weighted by Crippen LogP contribution is 2.27. The minimum absolute atomic E-state index is 0.0947. The Hall–Kier alpha value is -3.32. The van der Waals surface area contributed by atoms with E-state index in [-0.39, 0.29) is 12.5 Å². The number of carbonyl (C=O) groups excluding carboxylic acids is 1. The van der Waals surface area contributed by atoms with Crippen LogP contribution < -0.4 is 10.1 Å². The number of hydrogen-bond acceptors (Lipinski definition) is 5. The molecule has 0 saturated carbocycles. The van der Waals surface area contributed by atoms with Gasteiger partial charge < -0.3 is 14.6 Å². The second-order valence-corrected chi connectivity index (χ2v) is 8.03. The zero-order chi connectivity index (χ0) is 21.6. The van der Waals surface area contributed by atoms with E-state index in [1.165, 1.54) is 5.56 Å². The third kappa shape index (κ3) is 5.06. The zero-order valence-electron chi connectivity index (χ0n) is 17.5. The van der Waals surface area contributed by atoms with Crippen molar-refractivity contribution in [2.75, 3.05) is 12.4 Å². The lowest BCUT2D eigenvalue weighted by Crippen LogP contribution is -2.19. The number of methoxy groups -OCH3 is 1. The number of nitrogens with zero attached hydrogens (tertiary/aromatic N) is 3. The molecule has 31 heavy (non-hydrogen) atoms. The second kappa shape index (κ2) is 9.66. The molecular formula is C24H24N4O2S. The quantitative estimate of drug-likeness (QED) is 0.400. The van der Waals surface area contributed by atoms with Gasteiger partial charge in [-0.25, -0.2) is 4.98 Å². The number of ether oxygens (including phenoxy) is 1. The molecular weight excluding hydrogens is 408 g/mol. The molecule has 0 fully saturated rings. The van der Waals surface area contributed by atoms with E-state index in [4.69, 9.17) is 9.72 Å². The lowest BCUT2D eigenvalue weighted by molar-refractivity contribution is -0.116. The number of aromatic nitrogens is 3. The van der Waals surface area contributed by atoms with Crippen molar-refractivity contribution in [3.63, 3.8) is 0 Å². The molecule has 2 aromatic heterocycles. The van der Waals surface area contributed by atoms with Crippen LogP contribution in [0.15, 0.2) is 72.1 Å². The summed E-state index contributed by atoms with van der Waals surface area (Å²) in [6.07, 6.45) is 4.40. The van der Waals surface area contributed by atoms with Crippen LogP contribution in [0.5, 0.6) is 5.75 Å². The number of benzene rings is 2. The predicted molar refractivity (Wildman–Crippen MR) is 125 cm³/mol. The number of imidazole rings is 1. The van der Waals surface area contributed by atoms with Gasteiger partial charge in [-0.05, 0) is 47.9 Å². The maximum atomic E-state index is 12.8. The molecule has 1 amide bonds. The normalized spacial score (nSPS) is 10.9. The molecule has 0 aliphatic heterocycles. The summed E-state index contributed by atoms with van der Waals surface area (Å²) in [5, 5.41) is 3.79. The van der Waals surface area contributed by atoms with Gasteiger partial charge in [0.2, 0.25) is 5.91 Å². The number of fused-ring (bicyclic) bond motifs is 1. The molecule has 0 saturated heterocycles. The number of carbonyl (C=O) groups is 1. The molecule has 2 heterocycles. The molecule has 0 aliphatic carbocycles. The van der Waals surface area contributed by atoms with Crippen LogP contribution in [-0.4, -0.2) is 27.6 Å². The Balaban J connectivity index is 1.53. The van der Waals surface area contributed by atoms with Crippen molar-refractivity contribution in [2.24, 2.45) is 0 Å². The van der Waals surface area contributed by atoms with Crippen LogP contribution in [0, 0.1) is 0 Å². The summed E-state index contributed by atoms with van der Waals surface area (Å²) < 4.78 is 7.15. The van der Waals surface area contributed by atoms with E-state index in [9.17, 15) is 4.79 Å². The van der Waals surface area contributed by atoms with Crippen LogP contribution in [0.25, 0.3) is 11.0 Å². The Bertz CT molecular complexity index is 1190. The minimum Gasteiger partial charge on any atom is -0.497 e. The van der Waals surface area contributed by atoms with Crippen molar-refractivity contribution in [1.29, 1.82) is 0 Å². The molecule has 0 unspecified atom stereocenters. The van der Waals surface area contributed by atoms with Crippen LogP contribution >= 0.6 is 11.8 Å². The Labute approximate surface area is 185 Å².